The minimum absolute atomic E-state index is 0.0529. The Bertz CT molecular complexity index is 343. The molecule has 4 N–H and O–H groups in total. The summed E-state index contributed by atoms with van der Waals surface area (Å²) in [7, 11) is 0. The first-order valence-electron chi connectivity index (χ1n) is 3.98. The van der Waals surface area contributed by atoms with Crippen LogP contribution in [0.15, 0.2) is 12.3 Å². The molecule has 76 valence electrons. The summed E-state index contributed by atoms with van der Waals surface area (Å²) >= 11 is 5.55. The van der Waals surface area contributed by atoms with Crippen LogP contribution in [0.5, 0.6) is 5.75 Å². The SMILES string of the molecule is NCCNC(=O)c1ncc(Cl)cc1O. The van der Waals surface area contributed by atoms with Crippen LogP contribution in [0.3, 0.4) is 0 Å². The molecule has 0 aromatic carbocycles. The van der Waals surface area contributed by atoms with Gasteiger partial charge in [-0.2, -0.15) is 0 Å². The predicted molar refractivity (Wildman–Crippen MR) is 52.3 cm³/mol. The largest absolute Gasteiger partial charge is 0.505 e. The van der Waals surface area contributed by atoms with E-state index in [2.05, 4.69) is 10.3 Å². The summed E-state index contributed by atoms with van der Waals surface area (Å²) in [6, 6.07) is 1.26. The van der Waals surface area contributed by atoms with Crippen LogP contribution in [-0.2, 0) is 0 Å². The number of nitrogens with one attached hydrogen (secondary N) is 1. The van der Waals surface area contributed by atoms with Gasteiger partial charge in [-0.05, 0) is 0 Å². The monoisotopic (exact) mass is 215 g/mol. The molecule has 0 fully saturated rings. The van der Waals surface area contributed by atoms with Crippen LogP contribution >= 0.6 is 11.6 Å². The second-order valence-electron chi connectivity index (χ2n) is 2.57. The lowest BCUT2D eigenvalue weighted by Crippen LogP contribution is -2.29. The Kier molecular flexibility index (Phi) is 3.67. The number of halogens is 1. The summed E-state index contributed by atoms with van der Waals surface area (Å²) in [5.74, 6) is -0.711. The van der Waals surface area contributed by atoms with Crippen molar-refractivity contribution in [2.45, 2.75) is 0 Å². The lowest BCUT2D eigenvalue weighted by Gasteiger charge is -2.04. The van der Waals surface area contributed by atoms with E-state index in [-0.39, 0.29) is 16.5 Å². The molecule has 0 saturated heterocycles. The topological polar surface area (TPSA) is 88.2 Å². The maximum Gasteiger partial charge on any atom is 0.273 e. The second kappa shape index (κ2) is 4.78. The molecule has 0 unspecified atom stereocenters. The summed E-state index contributed by atoms with van der Waals surface area (Å²) in [4.78, 5) is 15.0. The minimum atomic E-state index is -0.468. The Hall–Kier alpha value is -1.33. The van der Waals surface area contributed by atoms with Crippen molar-refractivity contribution < 1.29 is 9.90 Å². The van der Waals surface area contributed by atoms with Gasteiger partial charge in [0.2, 0.25) is 0 Å². The molecule has 0 aliphatic rings. The number of nitrogens with zero attached hydrogens (tertiary/aromatic N) is 1. The molecular weight excluding hydrogens is 206 g/mol. The molecule has 14 heavy (non-hydrogen) atoms. The Morgan fingerprint density at radius 2 is 2.43 bits per heavy atom. The molecule has 1 amide bonds. The second-order valence-corrected chi connectivity index (χ2v) is 3.00. The van der Waals surface area contributed by atoms with Crippen LogP contribution in [0.1, 0.15) is 10.5 Å². The number of aromatic nitrogens is 1. The van der Waals surface area contributed by atoms with Gasteiger partial charge in [-0.25, -0.2) is 4.98 Å². The van der Waals surface area contributed by atoms with E-state index in [4.69, 9.17) is 17.3 Å². The van der Waals surface area contributed by atoms with E-state index in [0.717, 1.165) is 0 Å². The van der Waals surface area contributed by atoms with Gasteiger partial charge in [0, 0.05) is 25.4 Å². The number of amides is 1. The maximum absolute atomic E-state index is 11.3. The number of aromatic hydroxyl groups is 1. The quantitative estimate of drug-likeness (QED) is 0.669. The smallest absolute Gasteiger partial charge is 0.273 e. The van der Waals surface area contributed by atoms with Gasteiger partial charge in [0.25, 0.3) is 5.91 Å². The summed E-state index contributed by atoms with van der Waals surface area (Å²) in [6.07, 6.45) is 1.29. The van der Waals surface area contributed by atoms with Crippen molar-refractivity contribution in [2.75, 3.05) is 13.1 Å². The third kappa shape index (κ3) is 2.58. The van der Waals surface area contributed by atoms with Gasteiger partial charge < -0.3 is 16.2 Å². The zero-order valence-electron chi connectivity index (χ0n) is 7.33. The molecule has 0 aliphatic carbocycles. The average molecular weight is 216 g/mol. The third-order valence-corrected chi connectivity index (χ3v) is 1.69. The predicted octanol–water partition coefficient (Wildman–Crippen LogP) is 0.129. The van der Waals surface area contributed by atoms with E-state index in [1.165, 1.54) is 12.3 Å². The molecule has 0 bridgehead atoms. The molecule has 0 spiro atoms. The molecule has 6 heteroatoms. The molecule has 0 aliphatic heterocycles. The first kappa shape index (κ1) is 10.7. The number of rotatable bonds is 3. The molecule has 0 radical (unpaired) electrons. The van der Waals surface area contributed by atoms with Gasteiger partial charge in [-0.3, -0.25) is 4.79 Å². The number of carbonyl (C=O) groups excluding carboxylic acids is 1. The average Bonchev–Trinajstić information content (AvgIpc) is 2.14. The maximum atomic E-state index is 11.3. The van der Waals surface area contributed by atoms with Crippen LogP contribution < -0.4 is 11.1 Å². The van der Waals surface area contributed by atoms with Crippen molar-refractivity contribution in [1.29, 1.82) is 0 Å². The summed E-state index contributed by atoms with van der Waals surface area (Å²) in [6.45, 7) is 0.669. The van der Waals surface area contributed by atoms with Crippen molar-refractivity contribution in [1.82, 2.24) is 10.3 Å². The van der Waals surface area contributed by atoms with Gasteiger partial charge in [-0.15, -0.1) is 0 Å². The molecule has 1 aromatic heterocycles. The van der Waals surface area contributed by atoms with Crippen molar-refractivity contribution in [3.63, 3.8) is 0 Å². The fraction of sp³-hybridized carbons (Fsp3) is 0.250. The summed E-state index contributed by atoms with van der Waals surface area (Å²) < 4.78 is 0. The molecule has 5 nitrogen and oxygen atoms in total. The highest BCUT2D eigenvalue weighted by Gasteiger charge is 2.11. The minimum Gasteiger partial charge on any atom is -0.505 e. The first-order chi connectivity index (χ1) is 6.65. The molecule has 0 atom stereocenters. The van der Waals surface area contributed by atoms with Gasteiger partial charge >= 0.3 is 0 Å². The highest BCUT2D eigenvalue weighted by atomic mass is 35.5. The number of nitrogens with two attached hydrogens (primary N) is 1. The van der Waals surface area contributed by atoms with Gasteiger partial charge in [0.15, 0.2) is 5.69 Å². The Morgan fingerprint density at radius 1 is 1.71 bits per heavy atom. The molecule has 1 heterocycles. The molecule has 0 saturated carbocycles. The van der Waals surface area contributed by atoms with Crippen molar-refractivity contribution in [3.05, 3.63) is 23.0 Å². The third-order valence-electron chi connectivity index (χ3n) is 1.48. The number of hydrogen-bond acceptors (Lipinski definition) is 4. The van der Waals surface area contributed by atoms with Gasteiger partial charge in [0.05, 0.1) is 5.02 Å². The zero-order chi connectivity index (χ0) is 10.6. The Balaban J connectivity index is 2.80. The summed E-state index contributed by atoms with van der Waals surface area (Å²) in [5, 5.41) is 12.1. The number of pyridine rings is 1. The zero-order valence-corrected chi connectivity index (χ0v) is 8.08. The fourth-order valence-corrected chi connectivity index (χ4v) is 1.03. The normalized spacial score (nSPS) is 9.86. The molecule has 1 rings (SSSR count). The highest BCUT2D eigenvalue weighted by Crippen LogP contribution is 2.18. The lowest BCUT2D eigenvalue weighted by atomic mass is 10.3. The molecular formula is C8H10ClN3O2. The summed E-state index contributed by atoms with van der Waals surface area (Å²) in [5.41, 5.74) is 5.15. The van der Waals surface area contributed by atoms with E-state index in [1.807, 2.05) is 0 Å². The van der Waals surface area contributed by atoms with Gasteiger partial charge in [0.1, 0.15) is 5.75 Å². The van der Waals surface area contributed by atoms with Gasteiger partial charge in [-0.1, -0.05) is 11.6 Å². The fourth-order valence-electron chi connectivity index (χ4n) is 0.873. The van der Waals surface area contributed by atoms with Crippen LogP contribution in [0.25, 0.3) is 0 Å². The van der Waals surface area contributed by atoms with Crippen molar-refractivity contribution >= 4 is 17.5 Å². The van der Waals surface area contributed by atoms with Crippen molar-refractivity contribution in [3.8, 4) is 5.75 Å². The number of carbonyl (C=O) groups is 1. The molecule has 1 aromatic rings. The van der Waals surface area contributed by atoms with E-state index in [1.54, 1.807) is 0 Å². The van der Waals surface area contributed by atoms with E-state index in [0.29, 0.717) is 13.1 Å². The van der Waals surface area contributed by atoms with Crippen LogP contribution in [-0.4, -0.2) is 29.1 Å². The van der Waals surface area contributed by atoms with E-state index >= 15 is 0 Å². The van der Waals surface area contributed by atoms with Crippen LogP contribution in [0.4, 0.5) is 0 Å². The van der Waals surface area contributed by atoms with Crippen molar-refractivity contribution in [2.24, 2.45) is 5.73 Å². The number of hydrogen-bond donors (Lipinski definition) is 3. The lowest BCUT2D eigenvalue weighted by molar-refractivity contribution is 0.0947. The van der Waals surface area contributed by atoms with E-state index in [9.17, 15) is 9.90 Å². The van der Waals surface area contributed by atoms with Crippen LogP contribution in [0.2, 0.25) is 5.02 Å². The Labute approximate surface area is 85.9 Å². The van der Waals surface area contributed by atoms with Crippen LogP contribution in [0, 0.1) is 0 Å². The van der Waals surface area contributed by atoms with E-state index < -0.39 is 5.91 Å². The first-order valence-corrected chi connectivity index (χ1v) is 4.35. The standard InChI is InChI=1S/C8H10ClN3O2/c9-5-3-6(13)7(12-4-5)8(14)11-2-1-10/h3-4,13H,1-2,10H2,(H,11,14). The highest BCUT2D eigenvalue weighted by molar-refractivity contribution is 6.30. The Morgan fingerprint density at radius 3 is 3.00 bits per heavy atom.